The lowest BCUT2D eigenvalue weighted by atomic mass is 10.2. The van der Waals surface area contributed by atoms with Gasteiger partial charge in [-0.15, -0.1) is 10.2 Å². The molecule has 0 fully saturated rings. The lowest BCUT2D eigenvalue weighted by Gasteiger charge is -2.30. The first-order valence-electron chi connectivity index (χ1n) is 5.80. The summed E-state index contributed by atoms with van der Waals surface area (Å²) in [5.41, 5.74) is 0. The van der Waals surface area contributed by atoms with E-state index in [1.54, 1.807) is 11.3 Å². The number of anilines is 1. The number of aryl methyl sites for hydroxylation is 1. The zero-order chi connectivity index (χ0) is 12.1. The van der Waals surface area contributed by atoms with Crippen molar-refractivity contribution in [1.82, 2.24) is 15.1 Å². The molecule has 16 heavy (non-hydrogen) atoms. The molecule has 1 rings (SSSR count). The lowest BCUT2D eigenvalue weighted by Crippen LogP contribution is -2.40. The van der Waals surface area contributed by atoms with E-state index in [1.165, 1.54) is 0 Å². The van der Waals surface area contributed by atoms with Crippen LogP contribution in [0.2, 0.25) is 0 Å². The zero-order valence-corrected chi connectivity index (χ0v) is 11.6. The molecule has 1 aromatic rings. The van der Waals surface area contributed by atoms with E-state index in [0.717, 1.165) is 23.2 Å². The maximum Gasteiger partial charge on any atom is 0.205 e. The summed E-state index contributed by atoms with van der Waals surface area (Å²) in [4.78, 5) is 2.46. The fourth-order valence-electron chi connectivity index (χ4n) is 1.77. The predicted octanol–water partition coefficient (Wildman–Crippen LogP) is 2.38. The summed E-state index contributed by atoms with van der Waals surface area (Å²) >= 11 is 1.60. The summed E-state index contributed by atoms with van der Waals surface area (Å²) in [6.07, 6.45) is 0. The number of nitrogens with one attached hydrogen (secondary N) is 1. The van der Waals surface area contributed by atoms with Gasteiger partial charge in [0.2, 0.25) is 5.13 Å². The quantitative estimate of drug-likeness (QED) is 0.831. The highest BCUT2D eigenvalue weighted by Gasteiger charge is 2.12. The Morgan fingerprint density at radius 3 is 2.25 bits per heavy atom. The summed E-state index contributed by atoms with van der Waals surface area (Å²) in [6.45, 7) is 12.9. The molecule has 0 atom stereocenters. The van der Waals surface area contributed by atoms with Gasteiger partial charge in [-0.1, -0.05) is 11.3 Å². The van der Waals surface area contributed by atoms with Crippen LogP contribution in [0.1, 0.15) is 32.7 Å². The predicted molar refractivity (Wildman–Crippen MR) is 70.1 cm³/mol. The largest absolute Gasteiger partial charge is 0.359 e. The normalized spacial score (nSPS) is 11.8. The topological polar surface area (TPSA) is 41.1 Å². The van der Waals surface area contributed by atoms with Crippen LogP contribution in [0.25, 0.3) is 0 Å². The van der Waals surface area contributed by atoms with Crippen LogP contribution >= 0.6 is 11.3 Å². The van der Waals surface area contributed by atoms with Crippen molar-refractivity contribution in [3.05, 3.63) is 5.01 Å². The molecule has 0 aliphatic carbocycles. The molecule has 5 heteroatoms. The third-order valence-electron chi connectivity index (χ3n) is 2.50. The van der Waals surface area contributed by atoms with Gasteiger partial charge in [0, 0.05) is 25.2 Å². The van der Waals surface area contributed by atoms with Gasteiger partial charge in [-0.3, -0.25) is 4.90 Å². The van der Waals surface area contributed by atoms with Gasteiger partial charge in [0.15, 0.2) is 0 Å². The first kappa shape index (κ1) is 13.4. The van der Waals surface area contributed by atoms with E-state index in [2.05, 4.69) is 48.1 Å². The molecule has 0 aromatic carbocycles. The van der Waals surface area contributed by atoms with Crippen molar-refractivity contribution < 1.29 is 0 Å². The first-order chi connectivity index (χ1) is 7.50. The third kappa shape index (κ3) is 4.06. The number of aromatic nitrogens is 2. The molecule has 1 heterocycles. The second kappa shape index (κ2) is 6.15. The molecule has 1 aromatic heterocycles. The smallest absolute Gasteiger partial charge is 0.205 e. The average Bonchev–Trinajstić information content (AvgIpc) is 2.57. The zero-order valence-electron chi connectivity index (χ0n) is 10.8. The standard InChI is InChI=1S/C11H22N4S/c1-8(2)15(9(3)4)7-6-12-11-14-13-10(5)16-11/h8-9H,6-7H2,1-5H3,(H,12,14). The molecule has 0 saturated carbocycles. The van der Waals surface area contributed by atoms with Crippen LogP contribution in [-0.4, -0.2) is 40.3 Å². The summed E-state index contributed by atoms with van der Waals surface area (Å²) < 4.78 is 0. The minimum atomic E-state index is 0.581. The maximum atomic E-state index is 4.04. The molecule has 0 amide bonds. The molecule has 0 saturated heterocycles. The van der Waals surface area contributed by atoms with Gasteiger partial charge in [0.25, 0.3) is 0 Å². The van der Waals surface area contributed by atoms with E-state index in [-0.39, 0.29) is 0 Å². The van der Waals surface area contributed by atoms with E-state index >= 15 is 0 Å². The van der Waals surface area contributed by atoms with E-state index < -0.39 is 0 Å². The minimum absolute atomic E-state index is 0.581. The van der Waals surface area contributed by atoms with Gasteiger partial charge in [-0.25, -0.2) is 0 Å². The Balaban J connectivity index is 2.33. The van der Waals surface area contributed by atoms with Crippen LogP contribution in [0, 0.1) is 6.92 Å². The van der Waals surface area contributed by atoms with Crippen LogP contribution in [0.4, 0.5) is 5.13 Å². The highest BCUT2D eigenvalue weighted by molar-refractivity contribution is 7.15. The van der Waals surface area contributed by atoms with Crippen LogP contribution in [0.3, 0.4) is 0 Å². The van der Waals surface area contributed by atoms with Crippen molar-refractivity contribution in [2.75, 3.05) is 18.4 Å². The minimum Gasteiger partial charge on any atom is -0.359 e. The Kier molecular flexibility index (Phi) is 5.15. The Morgan fingerprint density at radius 2 is 1.81 bits per heavy atom. The third-order valence-corrected chi connectivity index (χ3v) is 3.30. The molecule has 4 nitrogen and oxygen atoms in total. The molecule has 0 spiro atoms. The number of rotatable bonds is 6. The molecule has 0 aliphatic rings. The fraction of sp³-hybridized carbons (Fsp3) is 0.818. The fourth-order valence-corrected chi connectivity index (χ4v) is 2.39. The van der Waals surface area contributed by atoms with Crippen molar-refractivity contribution in [1.29, 1.82) is 0 Å². The SMILES string of the molecule is Cc1nnc(NCCN(C(C)C)C(C)C)s1. The Morgan fingerprint density at radius 1 is 1.19 bits per heavy atom. The number of hydrogen-bond acceptors (Lipinski definition) is 5. The molecule has 1 N–H and O–H groups in total. The van der Waals surface area contributed by atoms with Gasteiger partial charge >= 0.3 is 0 Å². The maximum absolute atomic E-state index is 4.04. The van der Waals surface area contributed by atoms with E-state index in [0.29, 0.717) is 12.1 Å². The molecule has 92 valence electrons. The molecule has 0 unspecified atom stereocenters. The Labute approximate surface area is 102 Å². The highest BCUT2D eigenvalue weighted by atomic mass is 32.1. The van der Waals surface area contributed by atoms with E-state index in [1.807, 2.05) is 6.92 Å². The van der Waals surface area contributed by atoms with E-state index in [4.69, 9.17) is 0 Å². The molecule has 0 aliphatic heterocycles. The number of hydrogen-bond donors (Lipinski definition) is 1. The van der Waals surface area contributed by atoms with Gasteiger partial charge < -0.3 is 5.32 Å². The molecular weight excluding hydrogens is 220 g/mol. The molecule has 0 radical (unpaired) electrons. The highest BCUT2D eigenvalue weighted by Crippen LogP contribution is 2.13. The second-order valence-corrected chi connectivity index (χ2v) is 5.66. The van der Waals surface area contributed by atoms with Crippen molar-refractivity contribution in [2.24, 2.45) is 0 Å². The van der Waals surface area contributed by atoms with Crippen molar-refractivity contribution in [3.63, 3.8) is 0 Å². The summed E-state index contributed by atoms with van der Waals surface area (Å²) in [7, 11) is 0. The lowest BCUT2D eigenvalue weighted by molar-refractivity contribution is 0.182. The summed E-state index contributed by atoms with van der Waals surface area (Å²) in [5, 5.41) is 13.3. The summed E-state index contributed by atoms with van der Waals surface area (Å²) in [5.74, 6) is 0. The Bertz CT molecular complexity index is 301. The van der Waals surface area contributed by atoms with Gasteiger partial charge in [0.05, 0.1) is 0 Å². The van der Waals surface area contributed by atoms with Gasteiger partial charge in [0.1, 0.15) is 5.01 Å². The van der Waals surface area contributed by atoms with Gasteiger partial charge in [-0.05, 0) is 34.6 Å². The average molecular weight is 242 g/mol. The van der Waals surface area contributed by atoms with Gasteiger partial charge in [-0.2, -0.15) is 0 Å². The molecule has 0 bridgehead atoms. The van der Waals surface area contributed by atoms with Crippen molar-refractivity contribution >= 4 is 16.5 Å². The second-order valence-electron chi connectivity index (χ2n) is 4.48. The summed E-state index contributed by atoms with van der Waals surface area (Å²) in [6, 6.07) is 1.16. The van der Waals surface area contributed by atoms with Crippen LogP contribution in [0.5, 0.6) is 0 Å². The number of nitrogens with zero attached hydrogens (tertiary/aromatic N) is 3. The van der Waals surface area contributed by atoms with Crippen molar-refractivity contribution in [3.8, 4) is 0 Å². The first-order valence-corrected chi connectivity index (χ1v) is 6.62. The van der Waals surface area contributed by atoms with E-state index in [9.17, 15) is 0 Å². The Hall–Kier alpha value is -0.680. The van der Waals surface area contributed by atoms with Crippen molar-refractivity contribution in [2.45, 2.75) is 46.7 Å². The molecular formula is C11H22N4S. The van der Waals surface area contributed by atoms with Crippen LogP contribution in [-0.2, 0) is 0 Å². The monoisotopic (exact) mass is 242 g/mol. The van der Waals surface area contributed by atoms with Crippen LogP contribution < -0.4 is 5.32 Å². The van der Waals surface area contributed by atoms with Crippen LogP contribution in [0.15, 0.2) is 0 Å².